The molecule has 0 aliphatic heterocycles. The normalized spacial score (nSPS) is 12.6. The van der Waals surface area contributed by atoms with E-state index in [1.165, 1.54) is 0 Å². The van der Waals surface area contributed by atoms with Crippen molar-refractivity contribution in [3.05, 3.63) is 30.1 Å². The van der Waals surface area contributed by atoms with Crippen LogP contribution in [0.15, 0.2) is 24.3 Å². The van der Waals surface area contributed by atoms with E-state index in [1.54, 1.807) is 0 Å². The lowest BCUT2D eigenvalue weighted by Crippen LogP contribution is -2.37. The van der Waals surface area contributed by atoms with Crippen LogP contribution in [0.2, 0.25) is 0 Å². The van der Waals surface area contributed by atoms with Gasteiger partial charge in [-0.25, -0.2) is 10.8 Å². The number of rotatable bonds is 6. The van der Waals surface area contributed by atoms with Gasteiger partial charge in [0.25, 0.3) is 5.91 Å². The molecule has 0 aliphatic carbocycles. The highest BCUT2D eigenvalue weighted by Crippen LogP contribution is 2.24. The van der Waals surface area contributed by atoms with Gasteiger partial charge >= 0.3 is 0 Å². The number of hydrazine groups is 1. The number of hydrogen-bond donors (Lipinski definition) is 2. The van der Waals surface area contributed by atoms with Crippen LogP contribution in [0.4, 0.5) is 0 Å². The molecule has 0 saturated carbocycles. The third kappa shape index (κ3) is 2.67. The minimum atomic E-state index is -0.306. The maximum Gasteiger partial charge on any atom is 0.256 e. The van der Waals surface area contributed by atoms with Crippen LogP contribution in [0, 0.1) is 0 Å². The van der Waals surface area contributed by atoms with E-state index in [4.69, 9.17) is 5.84 Å². The molecule has 5 nitrogen and oxygen atoms in total. The Morgan fingerprint density at radius 2 is 2.15 bits per heavy atom. The third-order valence-electron chi connectivity index (χ3n) is 3.57. The van der Waals surface area contributed by atoms with Crippen LogP contribution in [0.25, 0.3) is 11.0 Å². The summed E-state index contributed by atoms with van der Waals surface area (Å²) in [5.74, 6) is 6.10. The first-order valence-electron chi connectivity index (χ1n) is 7.19. The van der Waals surface area contributed by atoms with Gasteiger partial charge in [0, 0.05) is 6.42 Å². The zero-order valence-corrected chi connectivity index (χ0v) is 12.1. The summed E-state index contributed by atoms with van der Waals surface area (Å²) in [6, 6.07) is 7.61. The van der Waals surface area contributed by atoms with Crippen molar-refractivity contribution in [1.82, 2.24) is 15.0 Å². The maximum absolute atomic E-state index is 12.0. The maximum atomic E-state index is 12.0. The van der Waals surface area contributed by atoms with Crippen molar-refractivity contribution in [2.45, 2.75) is 45.6 Å². The molecule has 0 aliphatic rings. The number of nitrogens with two attached hydrogens (primary N) is 1. The standard InChI is InChI=1S/C15H22N4O/c1-3-5-10-14-17-11-8-6-7-9-13(11)19(14)12(4-2)15(20)18-16/h6-9,12H,3-5,10,16H2,1-2H3,(H,18,20). The van der Waals surface area contributed by atoms with Crippen LogP contribution in [-0.2, 0) is 11.2 Å². The molecule has 1 amide bonds. The fourth-order valence-electron chi connectivity index (χ4n) is 2.53. The fraction of sp³-hybridized carbons (Fsp3) is 0.467. The van der Waals surface area contributed by atoms with Crippen LogP contribution in [-0.4, -0.2) is 15.5 Å². The highest BCUT2D eigenvalue weighted by Gasteiger charge is 2.23. The van der Waals surface area contributed by atoms with Crippen molar-refractivity contribution in [2.75, 3.05) is 0 Å². The van der Waals surface area contributed by atoms with Gasteiger partial charge in [-0.2, -0.15) is 0 Å². The lowest BCUT2D eigenvalue weighted by atomic mass is 10.1. The summed E-state index contributed by atoms with van der Waals surface area (Å²) in [4.78, 5) is 16.7. The van der Waals surface area contributed by atoms with E-state index in [2.05, 4.69) is 17.3 Å². The van der Waals surface area contributed by atoms with Crippen LogP contribution in [0.1, 0.15) is 45.0 Å². The smallest absolute Gasteiger partial charge is 0.256 e. The van der Waals surface area contributed by atoms with Gasteiger partial charge in [-0.1, -0.05) is 32.4 Å². The number of aryl methyl sites for hydroxylation is 1. The summed E-state index contributed by atoms with van der Waals surface area (Å²) in [6.45, 7) is 4.13. The number of para-hydroxylation sites is 2. The summed E-state index contributed by atoms with van der Waals surface area (Å²) in [5, 5.41) is 0. The van der Waals surface area contributed by atoms with Gasteiger partial charge in [-0.15, -0.1) is 0 Å². The van der Waals surface area contributed by atoms with E-state index in [0.29, 0.717) is 6.42 Å². The van der Waals surface area contributed by atoms with E-state index >= 15 is 0 Å². The Balaban J connectivity index is 2.54. The number of unbranched alkanes of at least 4 members (excludes halogenated alkanes) is 1. The van der Waals surface area contributed by atoms with Gasteiger partial charge in [0.2, 0.25) is 0 Å². The topological polar surface area (TPSA) is 72.9 Å². The molecule has 1 unspecified atom stereocenters. The molecule has 2 rings (SSSR count). The first kappa shape index (κ1) is 14.5. The number of fused-ring (bicyclic) bond motifs is 1. The molecule has 1 heterocycles. The molecule has 1 aromatic carbocycles. The van der Waals surface area contributed by atoms with Crippen LogP contribution < -0.4 is 11.3 Å². The monoisotopic (exact) mass is 274 g/mol. The second kappa shape index (κ2) is 6.52. The molecule has 1 aromatic heterocycles. The van der Waals surface area contributed by atoms with Crippen LogP contribution in [0.3, 0.4) is 0 Å². The Morgan fingerprint density at radius 1 is 1.40 bits per heavy atom. The quantitative estimate of drug-likeness (QED) is 0.482. The van der Waals surface area contributed by atoms with Gasteiger partial charge in [0.1, 0.15) is 11.9 Å². The summed E-state index contributed by atoms with van der Waals surface area (Å²) >= 11 is 0. The molecule has 0 radical (unpaired) electrons. The Labute approximate surface area is 119 Å². The Kier molecular flexibility index (Phi) is 4.74. The van der Waals surface area contributed by atoms with Crippen LogP contribution >= 0.6 is 0 Å². The predicted molar refractivity (Wildman–Crippen MR) is 80.0 cm³/mol. The highest BCUT2D eigenvalue weighted by molar-refractivity contribution is 5.84. The number of imidazole rings is 1. The van der Waals surface area contributed by atoms with E-state index in [1.807, 2.05) is 35.8 Å². The number of hydrogen-bond acceptors (Lipinski definition) is 3. The molecule has 0 spiro atoms. The van der Waals surface area contributed by atoms with Crippen molar-refractivity contribution in [1.29, 1.82) is 0 Å². The van der Waals surface area contributed by atoms with Crippen molar-refractivity contribution in [3.63, 3.8) is 0 Å². The molecule has 5 heteroatoms. The van der Waals surface area contributed by atoms with Crippen LogP contribution in [0.5, 0.6) is 0 Å². The molecule has 1 atom stereocenters. The summed E-state index contributed by atoms with van der Waals surface area (Å²) < 4.78 is 2.03. The first-order valence-corrected chi connectivity index (χ1v) is 7.19. The molecule has 3 N–H and O–H groups in total. The Morgan fingerprint density at radius 3 is 2.80 bits per heavy atom. The fourth-order valence-corrected chi connectivity index (χ4v) is 2.53. The van der Waals surface area contributed by atoms with Crippen molar-refractivity contribution < 1.29 is 4.79 Å². The predicted octanol–water partition coefficient (Wildman–Crippen LogP) is 2.32. The first-order chi connectivity index (χ1) is 9.72. The number of carbonyl (C=O) groups is 1. The van der Waals surface area contributed by atoms with E-state index in [-0.39, 0.29) is 11.9 Å². The lowest BCUT2D eigenvalue weighted by molar-refractivity contribution is -0.124. The zero-order valence-electron chi connectivity index (χ0n) is 12.1. The second-order valence-electron chi connectivity index (χ2n) is 4.92. The number of carbonyl (C=O) groups excluding carboxylic acids is 1. The van der Waals surface area contributed by atoms with E-state index in [0.717, 1.165) is 36.1 Å². The van der Waals surface area contributed by atoms with Crippen molar-refractivity contribution in [3.8, 4) is 0 Å². The molecule has 108 valence electrons. The third-order valence-corrected chi connectivity index (χ3v) is 3.57. The Bertz CT molecular complexity index is 591. The van der Waals surface area contributed by atoms with Crippen molar-refractivity contribution in [2.24, 2.45) is 5.84 Å². The minimum Gasteiger partial charge on any atom is -0.315 e. The van der Waals surface area contributed by atoms with Gasteiger partial charge < -0.3 is 4.57 Å². The average molecular weight is 274 g/mol. The number of nitrogens with one attached hydrogen (secondary N) is 1. The molecule has 0 fully saturated rings. The Hall–Kier alpha value is -1.88. The molecule has 0 bridgehead atoms. The van der Waals surface area contributed by atoms with Gasteiger partial charge in [-0.3, -0.25) is 10.2 Å². The molecular weight excluding hydrogens is 252 g/mol. The van der Waals surface area contributed by atoms with E-state index in [9.17, 15) is 4.79 Å². The molecular formula is C15H22N4O. The van der Waals surface area contributed by atoms with Gasteiger partial charge in [0.05, 0.1) is 11.0 Å². The van der Waals surface area contributed by atoms with Gasteiger partial charge in [-0.05, 0) is 25.0 Å². The number of amides is 1. The lowest BCUT2D eigenvalue weighted by Gasteiger charge is -2.18. The van der Waals surface area contributed by atoms with E-state index < -0.39 is 0 Å². The minimum absolute atomic E-state index is 0.173. The molecule has 2 aromatic rings. The summed E-state index contributed by atoms with van der Waals surface area (Å²) in [7, 11) is 0. The number of nitrogens with zero attached hydrogens (tertiary/aromatic N) is 2. The molecule has 0 saturated heterocycles. The number of benzene rings is 1. The average Bonchev–Trinajstić information content (AvgIpc) is 2.84. The zero-order chi connectivity index (χ0) is 14.5. The SMILES string of the molecule is CCCCc1nc2ccccc2n1C(CC)C(=O)NN. The molecule has 20 heavy (non-hydrogen) atoms. The largest absolute Gasteiger partial charge is 0.315 e. The number of aromatic nitrogens is 2. The van der Waals surface area contributed by atoms with Gasteiger partial charge in [0.15, 0.2) is 0 Å². The van der Waals surface area contributed by atoms with Crippen molar-refractivity contribution >= 4 is 16.9 Å². The highest BCUT2D eigenvalue weighted by atomic mass is 16.2. The summed E-state index contributed by atoms with van der Waals surface area (Å²) in [6.07, 6.45) is 3.72. The summed E-state index contributed by atoms with van der Waals surface area (Å²) in [5.41, 5.74) is 4.19. The second-order valence-corrected chi connectivity index (χ2v) is 4.92.